The van der Waals surface area contributed by atoms with E-state index >= 15 is 0 Å². The van der Waals surface area contributed by atoms with Crippen molar-refractivity contribution in [2.45, 2.75) is 33.6 Å². The second-order valence-corrected chi connectivity index (χ2v) is 4.95. The van der Waals surface area contributed by atoms with Crippen molar-refractivity contribution in [3.63, 3.8) is 0 Å². The van der Waals surface area contributed by atoms with Crippen molar-refractivity contribution in [1.29, 1.82) is 0 Å². The van der Waals surface area contributed by atoms with E-state index in [0.717, 1.165) is 5.69 Å². The molecule has 1 atom stereocenters. The van der Waals surface area contributed by atoms with Crippen molar-refractivity contribution in [3.8, 4) is 5.88 Å². The molecule has 1 aliphatic heterocycles. The average Bonchev–Trinajstić information content (AvgIpc) is 2.63. The molecule has 0 aliphatic carbocycles. The van der Waals surface area contributed by atoms with E-state index in [-0.39, 0.29) is 17.2 Å². The van der Waals surface area contributed by atoms with Gasteiger partial charge in [-0.25, -0.2) is 4.98 Å². The summed E-state index contributed by atoms with van der Waals surface area (Å²) in [7, 11) is 1.54. The smallest absolute Gasteiger partial charge is 0.271 e. The lowest BCUT2D eigenvalue weighted by Crippen LogP contribution is -2.31. The summed E-state index contributed by atoms with van der Waals surface area (Å²) in [6.07, 6.45) is 1.02. The summed E-state index contributed by atoms with van der Waals surface area (Å²) in [5, 5.41) is 0. The second kappa shape index (κ2) is 3.59. The van der Waals surface area contributed by atoms with Gasteiger partial charge in [-0.3, -0.25) is 9.36 Å². The Bertz CT molecular complexity index is 459. The number of nitrogens with zero attached hydrogens (tertiary/aromatic N) is 2. The van der Waals surface area contributed by atoms with Gasteiger partial charge in [-0.2, -0.15) is 0 Å². The Morgan fingerprint density at radius 1 is 1.56 bits per heavy atom. The minimum Gasteiger partial charge on any atom is -0.480 e. The number of hydrogen-bond acceptors (Lipinski definition) is 4. The number of hydrogen-bond donors (Lipinski definition) is 0. The highest BCUT2D eigenvalue weighted by atomic mass is 16.5. The van der Waals surface area contributed by atoms with Crippen LogP contribution in [0, 0.1) is 5.41 Å². The fourth-order valence-corrected chi connectivity index (χ4v) is 1.92. The van der Waals surface area contributed by atoms with Crippen LogP contribution in [0.4, 0.5) is 0 Å². The Balaban J connectivity index is 2.59. The zero-order valence-electron chi connectivity index (χ0n) is 9.98. The molecule has 88 valence electrons. The van der Waals surface area contributed by atoms with Crippen molar-refractivity contribution in [1.82, 2.24) is 9.55 Å². The van der Waals surface area contributed by atoms with Gasteiger partial charge >= 0.3 is 0 Å². The van der Waals surface area contributed by atoms with E-state index in [4.69, 9.17) is 9.47 Å². The van der Waals surface area contributed by atoms with E-state index in [9.17, 15) is 4.79 Å². The van der Waals surface area contributed by atoms with Gasteiger partial charge in [0.15, 0.2) is 0 Å². The summed E-state index contributed by atoms with van der Waals surface area (Å²) >= 11 is 0. The van der Waals surface area contributed by atoms with Gasteiger partial charge in [0.05, 0.1) is 19.9 Å². The predicted octanol–water partition coefficient (Wildman–Crippen LogP) is 1.33. The molecule has 0 amide bonds. The molecule has 0 saturated carbocycles. The molecule has 2 heterocycles. The fourth-order valence-electron chi connectivity index (χ4n) is 1.92. The first-order valence-electron chi connectivity index (χ1n) is 5.21. The molecule has 0 radical (unpaired) electrons. The topological polar surface area (TPSA) is 53.3 Å². The van der Waals surface area contributed by atoms with E-state index in [1.54, 1.807) is 4.57 Å². The highest BCUT2D eigenvalue weighted by Gasteiger charge is 2.35. The molecule has 0 spiro atoms. The summed E-state index contributed by atoms with van der Waals surface area (Å²) in [5.41, 5.74) is 0.435. The first kappa shape index (κ1) is 11.1. The molecule has 0 fully saturated rings. The van der Waals surface area contributed by atoms with Crippen LogP contribution in [0.5, 0.6) is 5.88 Å². The van der Waals surface area contributed by atoms with Crippen LogP contribution in [0.1, 0.15) is 32.7 Å². The molecular formula is C11H16N2O3. The van der Waals surface area contributed by atoms with Crippen LogP contribution >= 0.6 is 0 Å². The molecule has 0 bridgehead atoms. The monoisotopic (exact) mass is 224 g/mol. The molecule has 1 aromatic rings. The lowest BCUT2D eigenvalue weighted by atomic mass is 9.94. The second-order valence-electron chi connectivity index (χ2n) is 4.95. The van der Waals surface area contributed by atoms with Gasteiger partial charge in [0.2, 0.25) is 5.88 Å². The third-order valence-electron chi connectivity index (χ3n) is 2.61. The molecule has 0 N–H and O–H groups in total. The first-order valence-corrected chi connectivity index (χ1v) is 5.21. The molecule has 1 aliphatic rings. The molecule has 0 saturated heterocycles. The Hall–Kier alpha value is -1.36. The van der Waals surface area contributed by atoms with E-state index in [2.05, 4.69) is 4.98 Å². The number of methoxy groups -OCH3 is 1. The van der Waals surface area contributed by atoms with Crippen LogP contribution in [0.2, 0.25) is 0 Å². The summed E-state index contributed by atoms with van der Waals surface area (Å²) in [6, 6.07) is 0. The molecule has 2 rings (SSSR count). The predicted molar refractivity (Wildman–Crippen MR) is 58.3 cm³/mol. The normalized spacial score (nSPS) is 19.6. The maximum Gasteiger partial charge on any atom is 0.271 e. The van der Waals surface area contributed by atoms with Crippen molar-refractivity contribution < 1.29 is 9.47 Å². The highest BCUT2D eigenvalue weighted by Crippen LogP contribution is 2.37. The molecule has 5 nitrogen and oxygen atoms in total. The highest BCUT2D eigenvalue weighted by molar-refractivity contribution is 5.20. The third kappa shape index (κ3) is 1.61. The molecule has 1 aromatic heterocycles. The van der Waals surface area contributed by atoms with Gasteiger partial charge in [-0.1, -0.05) is 20.8 Å². The summed E-state index contributed by atoms with van der Waals surface area (Å²) < 4.78 is 12.4. The van der Waals surface area contributed by atoms with E-state index < -0.39 is 0 Å². The number of ether oxygens (including phenoxy) is 2. The van der Waals surface area contributed by atoms with Gasteiger partial charge in [-0.15, -0.1) is 0 Å². The molecule has 0 aromatic carbocycles. The van der Waals surface area contributed by atoms with Crippen molar-refractivity contribution >= 4 is 0 Å². The fraction of sp³-hybridized carbons (Fsp3) is 0.636. The Labute approximate surface area is 94.0 Å². The minimum absolute atomic E-state index is 0.137. The van der Waals surface area contributed by atoms with E-state index in [0.29, 0.717) is 12.5 Å². The largest absolute Gasteiger partial charge is 0.480 e. The Morgan fingerprint density at radius 2 is 2.25 bits per heavy atom. The third-order valence-corrected chi connectivity index (χ3v) is 2.61. The van der Waals surface area contributed by atoms with E-state index in [1.807, 2.05) is 20.8 Å². The van der Waals surface area contributed by atoms with Gasteiger partial charge in [0.1, 0.15) is 11.9 Å². The summed E-state index contributed by atoms with van der Waals surface area (Å²) in [5.74, 6) is 0.464. The number of fused-ring (bicyclic) bond motifs is 1. The zero-order valence-corrected chi connectivity index (χ0v) is 9.98. The lowest BCUT2D eigenvalue weighted by molar-refractivity contribution is -0.0456. The minimum atomic E-state index is -0.258. The summed E-state index contributed by atoms with van der Waals surface area (Å²) in [4.78, 5) is 15.8. The van der Waals surface area contributed by atoms with Crippen LogP contribution in [0.3, 0.4) is 0 Å². The van der Waals surface area contributed by atoms with Gasteiger partial charge in [0, 0.05) is 5.41 Å². The molecule has 0 unspecified atom stereocenters. The van der Waals surface area contributed by atoms with Gasteiger partial charge in [0.25, 0.3) is 5.56 Å². The quantitative estimate of drug-likeness (QED) is 0.722. The maximum absolute atomic E-state index is 11.8. The molecule has 16 heavy (non-hydrogen) atoms. The van der Waals surface area contributed by atoms with Crippen LogP contribution in [-0.4, -0.2) is 16.7 Å². The molecular weight excluding hydrogens is 208 g/mol. The van der Waals surface area contributed by atoms with Crippen LogP contribution in [0.15, 0.2) is 11.0 Å². The number of rotatable bonds is 1. The van der Waals surface area contributed by atoms with E-state index in [1.165, 1.54) is 13.3 Å². The standard InChI is InChI=1S/C11H16N2O3/c1-11(2,3)10-13-7(6-16-10)9(15-4)12-5-8(13)14/h5,10H,6H2,1-4H3/t10-/m1/s1. The lowest BCUT2D eigenvalue weighted by Gasteiger charge is -2.27. The first-order chi connectivity index (χ1) is 7.45. The molecule has 5 heteroatoms. The summed E-state index contributed by atoms with van der Waals surface area (Å²) in [6.45, 7) is 6.47. The van der Waals surface area contributed by atoms with Gasteiger partial charge < -0.3 is 9.47 Å². The van der Waals surface area contributed by atoms with Crippen molar-refractivity contribution in [3.05, 3.63) is 22.2 Å². The van der Waals surface area contributed by atoms with Crippen LogP contribution in [0.25, 0.3) is 0 Å². The van der Waals surface area contributed by atoms with Gasteiger partial charge in [-0.05, 0) is 0 Å². The van der Waals surface area contributed by atoms with Crippen molar-refractivity contribution in [2.24, 2.45) is 5.41 Å². The number of aromatic nitrogens is 2. The average molecular weight is 224 g/mol. The SMILES string of the molecule is COc1ncc(=O)n2c1CO[C@@H]2C(C)(C)C. The van der Waals surface area contributed by atoms with Crippen LogP contribution < -0.4 is 10.3 Å². The van der Waals surface area contributed by atoms with Crippen molar-refractivity contribution in [2.75, 3.05) is 7.11 Å². The Kier molecular flexibility index (Phi) is 2.50. The maximum atomic E-state index is 11.8. The Morgan fingerprint density at radius 3 is 2.81 bits per heavy atom. The van der Waals surface area contributed by atoms with Crippen LogP contribution in [-0.2, 0) is 11.3 Å². The zero-order chi connectivity index (χ0) is 11.9.